The Hall–Kier alpha value is -1.92. The standard InChI is InChI=1S/C15H18N2O3S/c1-4-17(15-16-10(2)9-21-15)14(19)13(18)11-6-5-7-12(8-11)20-3/h5-9,13,18H,4H2,1-3H3. The van der Waals surface area contributed by atoms with Gasteiger partial charge in [0.15, 0.2) is 11.2 Å². The van der Waals surface area contributed by atoms with Gasteiger partial charge in [-0.05, 0) is 31.5 Å². The Labute approximate surface area is 127 Å². The monoisotopic (exact) mass is 306 g/mol. The van der Waals surface area contributed by atoms with E-state index in [1.54, 1.807) is 31.4 Å². The van der Waals surface area contributed by atoms with Crippen LogP contribution in [0.5, 0.6) is 5.75 Å². The molecule has 0 aliphatic rings. The Kier molecular flexibility index (Phi) is 4.93. The summed E-state index contributed by atoms with van der Waals surface area (Å²) in [6.45, 7) is 4.18. The van der Waals surface area contributed by atoms with Crippen LogP contribution in [0, 0.1) is 6.92 Å². The summed E-state index contributed by atoms with van der Waals surface area (Å²) in [6, 6.07) is 6.87. The van der Waals surface area contributed by atoms with Crippen molar-refractivity contribution in [3.05, 3.63) is 40.9 Å². The zero-order chi connectivity index (χ0) is 15.4. The zero-order valence-electron chi connectivity index (χ0n) is 12.2. The number of carbonyl (C=O) groups excluding carboxylic acids is 1. The number of thiazole rings is 1. The molecule has 0 saturated carbocycles. The fourth-order valence-corrected chi connectivity index (χ4v) is 2.82. The fraction of sp³-hybridized carbons (Fsp3) is 0.333. The van der Waals surface area contributed by atoms with Crippen molar-refractivity contribution in [3.63, 3.8) is 0 Å². The minimum absolute atomic E-state index is 0.389. The van der Waals surface area contributed by atoms with Gasteiger partial charge in [-0.3, -0.25) is 9.69 Å². The summed E-state index contributed by atoms with van der Waals surface area (Å²) >= 11 is 1.39. The highest BCUT2D eigenvalue weighted by molar-refractivity contribution is 7.14. The molecule has 0 saturated heterocycles. The molecule has 0 radical (unpaired) electrons. The minimum Gasteiger partial charge on any atom is -0.497 e. The number of anilines is 1. The molecule has 0 aliphatic heterocycles. The maximum Gasteiger partial charge on any atom is 0.262 e. The maximum atomic E-state index is 12.5. The van der Waals surface area contributed by atoms with Gasteiger partial charge in [-0.2, -0.15) is 0 Å². The number of benzene rings is 1. The smallest absolute Gasteiger partial charge is 0.262 e. The summed E-state index contributed by atoms with van der Waals surface area (Å²) < 4.78 is 5.11. The first kappa shape index (κ1) is 15.5. The summed E-state index contributed by atoms with van der Waals surface area (Å²) in [6.07, 6.45) is -1.23. The molecule has 1 heterocycles. The van der Waals surface area contributed by atoms with E-state index in [0.29, 0.717) is 23.0 Å². The van der Waals surface area contributed by atoms with Gasteiger partial charge < -0.3 is 9.84 Å². The average Bonchev–Trinajstić information content (AvgIpc) is 2.93. The van der Waals surface area contributed by atoms with Crippen LogP contribution in [0.15, 0.2) is 29.6 Å². The predicted molar refractivity (Wildman–Crippen MR) is 82.8 cm³/mol. The van der Waals surface area contributed by atoms with Crippen LogP contribution < -0.4 is 9.64 Å². The lowest BCUT2D eigenvalue weighted by atomic mass is 10.1. The number of hydrogen-bond donors (Lipinski definition) is 1. The minimum atomic E-state index is -1.23. The number of amides is 1. The molecule has 0 spiro atoms. The largest absolute Gasteiger partial charge is 0.497 e. The average molecular weight is 306 g/mol. The van der Waals surface area contributed by atoms with E-state index in [-0.39, 0.29) is 5.91 Å². The van der Waals surface area contributed by atoms with Crippen molar-refractivity contribution in [2.45, 2.75) is 20.0 Å². The highest BCUT2D eigenvalue weighted by Gasteiger charge is 2.25. The molecule has 2 aromatic rings. The topological polar surface area (TPSA) is 62.7 Å². The van der Waals surface area contributed by atoms with Crippen LogP contribution in [0.1, 0.15) is 24.3 Å². The van der Waals surface area contributed by atoms with Crippen LogP contribution in [-0.4, -0.2) is 29.7 Å². The third-order valence-corrected chi connectivity index (χ3v) is 4.04. The van der Waals surface area contributed by atoms with E-state index in [1.807, 2.05) is 19.2 Å². The van der Waals surface area contributed by atoms with Crippen molar-refractivity contribution in [1.29, 1.82) is 0 Å². The molecule has 5 nitrogen and oxygen atoms in total. The van der Waals surface area contributed by atoms with Crippen LogP contribution in [0.25, 0.3) is 0 Å². The summed E-state index contributed by atoms with van der Waals surface area (Å²) in [5, 5.41) is 12.8. The lowest BCUT2D eigenvalue weighted by molar-refractivity contribution is -0.126. The number of hydrogen-bond acceptors (Lipinski definition) is 5. The molecule has 2 rings (SSSR count). The Morgan fingerprint density at radius 3 is 2.86 bits per heavy atom. The molecule has 1 unspecified atom stereocenters. The third-order valence-electron chi connectivity index (χ3n) is 3.06. The van der Waals surface area contributed by atoms with Gasteiger partial charge in [0.2, 0.25) is 0 Å². The molecule has 1 aromatic heterocycles. The van der Waals surface area contributed by atoms with Gasteiger partial charge in [-0.25, -0.2) is 4.98 Å². The van der Waals surface area contributed by atoms with Gasteiger partial charge >= 0.3 is 0 Å². The van der Waals surface area contributed by atoms with Gasteiger partial charge in [0.1, 0.15) is 5.75 Å². The van der Waals surface area contributed by atoms with E-state index in [2.05, 4.69) is 4.98 Å². The zero-order valence-corrected chi connectivity index (χ0v) is 13.1. The van der Waals surface area contributed by atoms with Gasteiger partial charge in [0.05, 0.1) is 12.8 Å². The Morgan fingerprint density at radius 1 is 1.52 bits per heavy atom. The van der Waals surface area contributed by atoms with Crippen molar-refractivity contribution < 1.29 is 14.6 Å². The van der Waals surface area contributed by atoms with Gasteiger partial charge in [0, 0.05) is 11.9 Å². The number of aliphatic hydroxyl groups excluding tert-OH is 1. The normalized spacial score (nSPS) is 12.0. The number of carbonyl (C=O) groups is 1. The van der Waals surface area contributed by atoms with Crippen molar-refractivity contribution in [1.82, 2.24) is 4.98 Å². The number of likely N-dealkylation sites (N-methyl/N-ethyl adjacent to an activating group) is 1. The number of ether oxygens (including phenoxy) is 1. The Morgan fingerprint density at radius 2 is 2.29 bits per heavy atom. The van der Waals surface area contributed by atoms with Crippen LogP contribution in [0.3, 0.4) is 0 Å². The number of aromatic nitrogens is 1. The van der Waals surface area contributed by atoms with Gasteiger partial charge in [-0.15, -0.1) is 11.3 Å². The van der Waals surface area contributed by atoms with Crippen molar-refractivity contribution in [3.8, 4) is 5.75 Å². The second kappa shape index (κ2) is 6.69. The number of methoxy groups -OCH3 is 1. The molecule has 1 aromatic carbocycles. The Bertz CT molecular complexity index is 627. The highest BCUT2D eigenvalue weighted by Crippen LogP contribution is 2.25. The lowest BCUT2D eigenvalue weighted by Gasteiger charge is -2.21. The summed E-state index contributed by atoms with van der Waals surface area (Å²) in [5.74, 6) is 0.215. The fourth-order valence-electron chi connectivity index (χ4n) is 1.95. The molecule has 1 atom stereocenters. The SMILES string of the molecule is CCN(C(=O)C(O)c1cccc(OC)c1)c1nc(C)cs1. The molecule has 0 bridgehead atoms. The maximum absolute atomic E-state index is 12.5. The molecule has 1 amide bonds. The number of aliphatic hydroxyl groups is 1. The third kappa shape index (κ3) is 3.40. The molecule has 1 N–H and O–H groups in total. The second-order valence-electron chi connectivity index (χ2n) is 4.53. The van der Waals surface area contributed by atoms with E-state index in [1.165, 1.54) is 16.2 Å². The first-order valence-electron chi connectivity index (χ1n) is 6.62. The van der Waals surface area contributed by atoms with E-state index in [0.717, 1.165) is 5.69 Å². The molecular weight excluding hydrogens is 288 g/mol. The van der Waals surface area contributed by atoms with Crippen molar-refractivity contribution in [2.24, 2.45) is 0 Å². The van der Waals surface area contributed by atoms with Crippen LogP contribution in [-0.2, 0) is 4.79 Å². The number of nitrogens with zero attached hydrogens (tertiary/aromatic N) is 2. The first-order chi connectivity index (χ1) is 10.1. The van der Waals surface area contributed by atoms with Gasteiger partial charge in [0.25, 0.3) is 5.91 Å². The number of rotatable bonds is 5. The Balaban J connectivity index is 2.24. The van der Waals surface area contributed by atoms with E-state index in [9.17, 15) is 9.90 Å². The van der Waals surface area contributed by atoms with Crippen LogP contribution in [0.2, 0.25) is 0 Å². The van der Waals surface area contributed by atoms with Crippen LogP contribution >= 0.6 is 11.3 Å². The molecule has 0 fully saturated rings. The van der Waals surface area contributed by atoms with E-state index < -0.39 is 6.10 Å². The quantitative estimate of drug-likeness (QED) is 0.922. The predicted octanol–water partition coefficient (Wildman–Crippen LogP) is 2.55. The van der Waals surface area contributed by atoms with E-state index >= 15 is 0 Å². The molecule has 112 valence electrons. The van der Waals surface area contributed by atoms with E-state index in [4.69, 9.17) is 4.74 Å². The van der Waals surface area contributed by atoms with Crippen molar-refractivity contribution >= 4 is 22.4 Å². The van der Waals surface area contributed by atoms with Crippen LogP contribution in [0.4, 0.5) is 5.13 Å². The molecular formula is C15H18N2O3S. The summed E-state index contributed by atoms with van der Waals surface area (Å²) in [7, 11) is 1.55. The second-order valence-corrected chi connectivity index (χ2v) is 5.37. The molecule has 21 heavy (non-hydrogen) atoms. The van der Waals surface area contributed by atoms with Crippen molar-refractivity contribution in [2.75, 3.05) is 18.6 Å². The first-order valence-corrected chi connectivity index (χ1v) is 7.50. The van der Waals surface area contributed by atoms with Gasteiger partial charge in [-0.1, -0.05) is 12.1 Å². The molecule has 6 heteroatoms. The highest BCUT2D eigenvalue weighted by atomic mass is 32.1. The number of aryl methyl sites for hydroxylation is 1. The summed E-state index contributed by atoms with van der Waals surface area (Å²) in [5.41, 5.74) is 1.36. The summed E-state index contributed by atoms with van der Waals surface area (Å²) in [4.78, 5) is 18.3. The molecule has 0 aliphatic carbocycles. The lowest BCUT2D eigenvalue weighted by Crippen LogP contribution is -2.35.